The summed E-state index contributed by atoms with van der Waals surface area (Å²) in [6, 6.07) is 7.42. The molecule has 0 amide bonds. The van der Waals surface area contributed by atoms with Crippen molar-refractivity contribution in [2.45, 2.75) is 45.2 Å². The Morgan fingerprint density at radius 2 is 2.05 bits per heavy atom. The van der Waals surface area contributed by atoms with Crippen LogP contribution in [0.25, 0.3) is 0 Å². The van der Waals surface area contributed by atoms with Gasteiger partial charge in [0.2, 0.25) is 0 Å². The van der Waals surface area contributed by atoms with Gasteiger partial charge in [-0.1, -0.05) is 41.8 Å². The molecule has 1 saturated carbocycles. The number of nitrogens with zero attached hydrogens (tertiary/aromatic N) is 1. The monoisotopic (exact) mass is 324 g/mol. The number of nitrogens with one attached hydrogen (secondary N) is 1. The molecule has 19 heavy (non-hydrogen) atoms. The highest BCUT2D eigenvalue weighted by atomic mass is 79.9. The minimum atomic E-state index is 0.691. The van der Waals surface area contributed by atoms with Crippen LogP contribution in [0.1, 0.15) is 38.2 Å². The van der Waals surface area contributed by atoms with Crippen LogP contribution in [0.15, 0.2) is 22.7 Å². The summed E-state index contributed by atoms with van der Waals surface area (Å²) in [5, 5.41) is 3.20. The summed E-state index contributed by atoms with van der Waals surface area (Å²) >= 11 is 3.69. The van der Waals surface area contributed by atoms with Gasteiger partial charge in [-0.05, 0) is 43.5 Å². The summed E-state index contributed by atoms with van der Waals surface area (Å²) in [5.41, 5.74) is 2.64. The first-order valence-corrected chi connectivity index (χ1v) is 8.08. The fourth-order valence-electron chi connectivity index (χ4n) is 3.15. The van der Waals surface area contributed by atoms with Gasteiger partial charge in [-0.2, -0.15) is 0 Å². The van der Waals surface area contributed by atoms with Crippen molar-refractivity contribution in [3.8, 4) is 0 Å². The smallest absolute Gasteiger partial charge is 0.0377 e. The van der Waals surface area contributed by atoms with Crippen molar-refractivity contribution in [3.05, 3.63) is 28.2 Å². The average Bonchev–Trinajstić information content (AvgIpc) is 2.41. The van der Waals surface area contributed by atoms with Gasteiger partial charge in [0.1, 0.15) is 0 Å². The molecule has 1 aliphatic rings. The van der Waals surface area contributed by atoms with E-state index in [1.165, 1.54) is 41.4 Å². The molecule has 2 rings (SSSR count). The zero-order chi connectivity index (χ0) is 13.8. The molecule has 2 unspecified atom stereocenters. The van der Waals surface area contributed by atoms with Crippen LogP contribution in [0.2, 0.25) is 0 Å². The van der Waals surface area contributed by atoms with Crippen LogP contribution >= 0.6 is 15.9 Å². The van der Waals surface area contributed by atoms with E-state index in [0.29, 0.717) is 6.04 Å². The molecule has 0 heterocycles. The molecule has 0 spiro atoms. The lowest BCUT2D eigenvalue weighted by atomic mass is 9.85. The fraction of sp³-hybridized carbons (Fsp3) is 0.625. The second-order valence-electron chi connectivity index (χ2n) is 5.75. The van der Waals surface area contributed by atoms with Crippen molar-refractivity contribution in [1.29, 1.82) is 0 Å². The predicted octanol–water partition coefficient (Wildman–Crippen LogP) is 4.18. The number of halogens is 1. The van der Waals surface area contributed by atoms with Gasteiger partial charge in [-0.25, -0.2) is 0 Å². The predicted molar refractivity (Wildman–Crippen MR) is 86.7 cm³/mol. The summed E-state index contributed by atoms with van der Waals surface area (Å²) in [6.07, 6.45) is 5.47. The lowest BCUT2D eigenvalue weighted by Gasteiger charge is -2.38. The molecule has 2 nitrogen and oxygen atoms in total. The van der Waals surface area contributed by atoms with Crippen molar-refractivity contribution in [2.75, 3.05) is 19.0 Å². The molecule has 0 saturated heterocycles. The van der Waals surface area contributed by atoms with Crippen molar-refractivity contribution in [3.63, 3.8) is 0 Å². The maximum Gasteiger partial charge on any atom is 0.0377 e. The molecule has 1 aromatic carbocycles. The third-order valence-electron chi connectivity index (χ3n) is 4.37. The van der Waals surface area contributed by atoms with Gasteiger partial charge in [0.05, 0.1) is 0 Å². The molecule has 1 N–H and O–H groups in total. The zero-order valence-corrected chi connectivity index (χ0v) is 13.8. The molecule has 1 fully saturated rings. The number of benzene rings is 1. The van der Waals surface area contributed by atoms with Crippen LogP contribution in [-0.4, -0.2) is 20.1 Å². The quantitative estimate of drug-likeness (QED) is 0.893. The summed E-state index contributed by atoms with van der Waals surface area (Å²) < 4.78 is 1.20. The molecule has 2 atom stereocenters. The number of hydrogen-bond acceptors (Lipinski definition) is 2. The van der Waals surface area contributed by atoms with Crippen LogP contribution in [0.5, 0.6) is 0 Å². The van der Waals surface area contributed by atoms with Crippen molar-refractivity contribution in [1.82, 2.24) is 5.32 Å². The molecule has 0 aliphatic heterocycles. The second-order valence-corrected chi connectivity index (χ2v) is 6.60. The van der Waals surface area contributed by atoms with Crippen molar-refractivity contribution < 1.29 is 0 Å². The van der Waals surface area contributed by atoms with Crippen LogP contribution < -0.4 is 10.2 Å². The van der Waals surface area contributed by atoms with Gasteiger partial charge >= 0.3 is 0 Å². The topological polar surface area (TPSA) is 15.3 Å². The second kappa shape index (κ2) is 6.76. The molecule has 0 radical (unpaired) electrons. The molecule has 1 aromatic rings. The Bertz CT molecular complexity index is 419. The van der Waals surface area contributed by atoms with E-state index < -0.39 is 0 Å². The lowest BCUT2D eigenvalue weighted by molar-refractivity contribution is 0.321. The maximum absolute atomic E-state index is 3.69. The summed E-state index contributed by atoms with van der Waals surface area (Å²) in [4.78, 5) is 2.47. The first kappa shape index (κ1) is 14.9. The van der Waals surface area contributed by atoms with E-state index in [4.69, 9.17) is 0 Å². The van der Waals surface area contributed by atoms with Crippen LogP contribution in [0.3, 0.4) is 0 Å². The van der Waals surface area contributed by atoms with Crippen LogP contribution in [0.4, 0.5) is 5.69 Å². The van der Waals surface area contributed by atoms with E-state index in [1.54, 1.807) is 0 Å². The van der Waals surface area contributed by atoms with Gasteiger partial charge in [0, 0.05) is 29.8 Å². The van der Waals surface area contributed by atoms with Gasteiger partial charge < -0.3 is 10.2 Å². The zero-order valence-electron chi connectivity index (χ0n) is 12.2. The molecule has 0 aromatic heterocycles. The SMILES string of the molecule is CNCc1ccc(N(C)C2CCCCC2C)cc1Br. The van der Waals surface area contributed by atoms with E-state index in [2.05, 4.69) is 58.3 Å². The molecule has 3 heteroatoms. The lowest BCUT2D eigenvalue weighted by Crippen LogP contribution is -2.39. The van der Waals surface area contributed by atoms with Crippen LogP contribution in [-0.2, 0) is 6.54 Å². The Morgan fingerprint density at radius 1 is 1.32 bits per heavy atom. The van der Waals surface area contributed by atoms with E-state index in [-0.39, 0.29) is 0 Å². The Morgan fingerprint density at radius 3 is 2.68 bits per heavy atom. The highest BCUT2D eigenvalue weighted by Crippen LogP contribution is 2.32. The Kier molecular flexibility index (Phi) is 5.28. The number of rotatable bonds is 4. The van der Waals surface area contributed by atoms with E-state index >= 15 is 0 Å². The molecule has 1 aliphatic carbocycles. The standard InChI is InChI=1S/C16H25BrN2/c1-12-6-4-5-7-16(12)19(3)14-9-8-13(11-18-2)15(17)10-14/h8-10,12,16,18H,4-7,11H2,1-3H3. The van der Waals surface area contributed by atoms with E-state index in [9.17, 15) is 0 Å². The summed E-state index contributed by atoms with van der Waals surface area (Å²) in [6.45, 7) is 3.30. The Hall–Kier alpha value is -0.540. The summed E-state index contributed by atoms with van der Waals surface area (Å²) in [5.74, 6) is 0.800. The molecule has 106 valence electrons. The van der Waals surface area contributed by atoms with Gasteiger partial charge in [0.25, 0.3) is 0 Å². The largest absolute Gasteiger partial charge is 0.371 e. The van der Waals surface area contributed by atoms with Gasteiger partial charge in [-0.3, -0.25) is 0 Å². The van der Waals surface area contributed by atoms with Gasteiger partial charge in [0.15, 0.2) is 0 Å². The van der Waals surface area contributed by atoms with Crippen molar-refractivity contribution >= 4 is 21.6 Å². The minimum Gasteiger partial charge on any atom is -0.371 e. The first-order valence-electron chi connectivity index (χ1n) is 7.29. The fourth-order valence-corrected chi connectivity index (χ4v) is 3.66. The molecule has 0 bridgehead atoms. The van der Waals surface area contributed by atoms with Crippen LogP contribution in [0, 0.1) is 5.92 Å². The highest BCUT2D eigenvalue weighted by Gasteiger charge is 2.25. The van der Waals surface area contributed by atoms with Gasteiger partial charge in [-0.15, -0.1) is 0 Å². The third kappa shape index (κ3) is 3.51. The molecular weight excluding hydrogens is 300 g/mol. The number of hydrogen-bond donors (Lipinski definition) is 1. The average molecular weight is 325 g/mol. The molecular formula is C16H25BrN2. The van der Waals surface area contributed by atoms with E-state index in [1.807, 2.05) is 7.05 Å². The summed E-state index contributed by atoms with van der Waals surface area (Å²) in [7, 11) is 4.22. The number of anilines is 1. The minimum absolute atomic E-state index is 0.691. The Balaban J connectivity index is 2.14. The maximum atomic E-state index is 3.69. The normalized spacial score (nSPS) is 23.4. The third-order valence-corrected chi connectivity index (χ3v) is 5.11. The first-order chi connectivity index (χ1) is 9.13. The Labute approximate surface area is 125 Å². The van der Waals surface area contributed by atoms with E-state index in [0.717, 1.165) is 12.5 Å². The van der Waals surface area contributed by atoms with Crippen molar-refractivity contribution in [2.24, 2.45) is 5.92 Å². The highest BCUT2D eigenvalue weighted by molar-refractivity contribution is 9.10.